The second kappa shape index (κ2) is 13.8. The zero-order valence-electron chi connectivity index (χ0n) is 14.6. The van der Waals surface area contributed by atoms with Gasteiger partial charge in [0.25, 0.3) is 5.91 Å². The standard InChI is InChI=1S/C17H13N3O.CH3O.Cu.NO3/c21-17(14-6-2-1-3-7-14)20-19-12-15-9-4-8-13-10-5-11-18-16(13)15;1-2;;2-1(3)4/h1-12H,(H,20,21);1H3;;/q;-1;+2;-1/b19-12+;;;. The topological polar surface area (TPSA) is 144 Å². The van der Waals surface area contributed by atoms with Crippen LogP contribution in [0, 0.1) is 15.3 Å². The summed E-state index contributed by atoms with van der Waals surface area (Å²) >= 11 is 0. The Kier molecular flexibility index (Phi) is 12.2. The summed E-state index contributed by atoms with van der Waals surface area (Å²) in [6.45, 7) is 0. The first-order chi connectivity index (χ1) is 13.1. The number of hydrogen-bond acceptors (Lipinski definition) is 7. The minimum absolute atomic E-state index is 0. The fraction of sp³-hybridized carbons (Fsp3) is 0.0556. The number of carbonyl (C=O) groups excluding carboxylic acids is 1. The van der Waals surface area contributed by atoms with Crippen LogP contribution in [0.15, 0.2) is 72.0 Å². The molecule has 2 aromatic carbocycles. The summed E-state index contributed by atoms with van der Waals surface area (Å²) in [5.41, 5.74) is 4.81. The number of carbonyl (C=O) groups is 1. The second-order valence-corrected chi connectivity index (χ2v) is 4.71. The Labute approximate surface area is 171 Å². The Hall–Kier alpha value is -3.33. The van der Waals surface area contributed by atoms with Crippen molar-refractivity contribution in [3.8, 4) is 0 Å². The van der Waals surface area contributed by atoms with Gasteiger partial charge in [0.1, 0.15) is 0 Å². The van der Waals surface area contributed by atoms with E-state index >= 15 is 0 Å². The third-order valence-corrected chi connectivity index (χ3v) is 3.07. The summed E-state index contributed by atoms with van der Waals surface area (Å²) in [7, 11) is 0.750. The molecule has 1 heterocycles. The molecule has 0 saturated carbocycles. The number of fused-ring (bicyclic) bond motifs is 1. The molecule has 0 aliphatic heterocycles. The van der Waals surface area contributed by atoms with Gasteiger partial charge in [-0.2, -0.15) is 12.2 Å². The van der Waals surface area contributed by atoms with Gasteiger partial charge < -0.3 is 20.4 Å². The molecule has 1 radical (unpaired) electrons. The van der Waals surface area contributed by atoms with Gasteiger partial charge in [-0.1, -0.05) is 42.5 Å². The second-order valence-electron chi connectivity index (χ2n) is 4.71. The van der Waals surface area contributed by atoms with Crippen LogP contribution in [0.5, 0.6) is 0 Å². The fourth-order valence-electron chi connectivity index (χ4n) is 2.05. The van der Waals surface area contributed by atoms with Gasteiger partial charge in [-0.05, 0) is 18.2 Å². The maximum Gasteiger partial charge on any atom is 2.00 e. The van der Waals surface area contributed by atoms with Crippen molar-refractivity contribution in [1.29, 1.82) is 0 Å². The molecule has 10 heteroatoms. The maximum atomic E-state index is 11.9. The molecule has 0 fully saturated rings. The van der Waals surface area contributed by atoms with Crippen LogP contribution in [0.2, 0.25) is 0 Å². The zero-order valence-corrected chi connectivity index (χ0v) is 15.6. The molecule has 9 nitrogen and oxygen atoms in total. The van der Waals surface area contributed by atoms with Crippen LogP contribution in [-0.2, 0) is 17.1 Å². The summed E-state index contributed by atoms with van der Waals surface area (Å²) in [5.74, 6) is -0.236. The molecule has 1 amide bonds. The van der Waals surface area contributed by atoms with E-state index in [1.165, 1.54) is 0 Å². The van der Waals surface area contributed by atoms with E-state index in [4.69, 9.17) is 20.4 Å². The van der Waals surface area contributed by atoms with Crippen LogP contribution in [-0.4, -0.2) is 29.3 Å². The zero-order chi connectivity index (χ0) is 20.1. The molecule has 0 bridgehead atoms. The Morgan fingerprint density at radius 3 is 2.29 bits per heavy atom. The molecule has 149 valence electrons. The van der Waals surface area contributed by atoms with Gasteiger partial charge in [-0.3, -0.25) is 9.78 Å². The van der Waals surface area contributed by atoms with Crippen LogP contribution >= 0.6 is 0 Å². The predicted octanol–water partition coefficient (Wildman–Crippen LogP) is 1.73. The van der Waals surface area contributed by atoms with E-state index in [-0.39, 0.29) is 23.0 Å². The van der Waals surface area contributed by atoms with Gasteiger partial charge in [-0.15, -0.1) is 0 Å². The molecule has 0 spiro atoms. The largest absolute Gasteiger partial charge is 2.00 e. The van der Waals surface area contributed by atoms with Crippen molar-refractivity contribution in [1.82, 2.24) is 10.4 Å². The monoisotopic (exact) mass is 431 g/mol. The summed E-state index contributed by atoms with van der Waals surface area (Å²) in [5, 5.41) is 28.0. The molecule has 3 aromatic rings. The van der Waals surface area contributed by atoms with Crippen LogP contribution in [0.4, 0.5) is 0 Å². The number of amides is 1. The van der Waals surface area contributed by atoms with E-state index in [9.17, 15) is 4.79 Å². The van der Waals surface area contributed by atoms with E-state index in [1.54, 1.807) is 24.5 Å². The first-order valence-corrected chi connectivity index (χ1v) is 7.52. The van der Waals surface area contributed by atoms with E-state index in [0.29, 0.717) is 5.56 Å². The van der Waals surface area contributed by atoms with Crippen LogP contribution in [0.25, 0.3) is 10.9 Å². The number of para-hydroxylation sites is 1. The third-order valence-electron chi connectivity index (χ3n) is 3.07. The van der Waals surface area contributed by atoms with Gasteiger partial charge >= 0.3 is 17.1 Å². The van der Waals surface area contributed by atoms with Crippen molar-refractivity contribution >= 4 is 23.0 Å². The average Bonchev–Trinajstić information content (AvgIpc) is 2.70. The quantitative estimate of drug-likeness (QED) is 0.289. The van der Waals surface area contributed by atoms with Crippen molar-refractivity contribution in [2.24, 2.45) is 5.10 Å². The van der Waals surface area contributed by atoms with E-state index in [0.717, 1.165) is 23.6 Å². The van der Waals surface area contributed by atoms with Crippen LogP contribution in [0.1, 0.15) is 15.9 Å². The summed E-state index contributed by atoms with van der Waals surface area (Å²) < 4.78 is 0. The number of pyridine rings is 1. The van der Waals surface area contributed by atoms with Crippen LogP contribution in [0.3, 0.4) is 0 Å². The van der Waals surface area contributed by atoms with E-state index in [2.05, 4.69) is 15.5 Å². The van der Waals surface area contributed by atoms with Crippen molar-refractivity contribution < 1.29 is 32.1 Å². The molecular formula is C18H16CuN4O5. The van der Waals surface area contributed by atoms with E-state index < -0.39 is 5.09 Å². The minimum atomic E-state index is -1.75. The van der Waals surface area contributed by atoms with Crippen LogP contribution < -0.4 is 10.5 Å². The van der Waals surface area contributed by atoms with Crippen molar-refractivity contribution in [2.75, 3.05) is 7.11 Å². The first kappa shape index (κ1) is 24.7. The molecule has 0 atom stereocenters. The van der Waals surface area contributed by atoms with Gasteiger partial charge in [0.05, 0.1) is 16.8 Å². The number of benzene rings is 2. The summed E-state index contributed by atoms with van der Waals surface area (Å²) in [6, 6.07) is 18.7. The smallest absolute Gasteiger partial charge is 0.857 e. The fourth-order valence-corrected chi connectivity index (χ4v) is 2.05. The Morgan fingerprint density at radius 2 is 1.64 bits per heavy atom. The number of hydrazone groups is 1. The Balaban J connectivity index is 0.000000931. The Morgan fingerprint density at radius 1 is 1.04 bits per heavy atom. The SMILES string of the molecule is C[O-].O=C(N/N=C/c1cccc2cccnc12)c1ccccc1.O=[N+]([O-])[O-].[Cu+2]. The number of nitrogens with zero attached hydrogens (tertiary/aromatic N) is 3. The predicted molar refractivity (Wildman–Crippen MR) is 99.5 cm³/mol. The average molecular weight is 432 g/mol. The first-order valence-electron chi connectivity index (χ1n) is 7.52. The number of aromatic nitrogens is 1. The van der Waals surface area contributed by atoms with Gasteiger partial charge in [-0.25, -0.2) is 5.43 Å². The van der Waals surface area contributed by atoms with Crippen molar-refractivity contribution in [3.05, 3.63) is 93.3 Å². The summed E-state index contributed by atoms with van der Waals surface area (Å²) in [6.07, 6.45) is 3.35. The molecule has 1 aromatic heterocycles. The molecule has 28 heavy (non-hydrogen) atoms. The molecule has 1 N–H and O–H groups in total. The van der Waals surface area contributed by atoms with Gasteiger partial charge in [0, 0.05) is 22.7 Å². The minimum Gasteiger partial charge on any atom is -0.857 e. The number of hydrogen-bond donors (Lipinski definition) is 1. The Bertz CT molecular complexity index is 897. The summed E-state index contributed by atoms with van der Waals surface area (Å²) in [4.78, 5) is 24.4. The maximum absolute atomic E-state index is 11.9. The molecule has 0 aliphatic rings. The van der Waals surface area contributed by atoms with Gasteiger partial charge in [0.15, 0.2) is 0 Å². The molecule has 0 saturated heterocycles. The normalized spacial score (nSPS) is 9.21. The molecule has 0 unspecified atom stereocenters. The van der Waals surface area contributed by atoms with Crippen molar-refractivity contribution in [2.45, 2.75) is 0 Å². The molecular weight excluding hydrogens is 416 g/mol. The molecule has 3 rings (SSSR count). The van der Waals surface area contributed by atoms with Crippen molar-refractivity contribution in [3.63, 3.8) is 0 Å². The van der Waals surface area contributed by atoms with E-state index in [1.807, 2.05) is 48.5 Å². The van der Waals surface area contributed by atoms with Gasteiger partial charge in [0.2, 0.25) is 0 Å². The number of nitrogens with one attached hydrogen (secondary N) is 1. The number of rotatable bonds is 3. The third kappa shape index (κ3) is 8.37. The molecule has 0 aliphatic carbocycles.